The molecule has 0 saturated heterocycles. The molecular formula is C15H17N3O2. The molecule has 104 valence electrons. The molecule has 1 aromatic carbocycles. The number of rotatable bonds is 4. The van der Waals surface area contributed by atoms with Gasteiger partial charge >= 0.3 is 0 Å². The Labute approximate surface area is 117 Å². The number of nitrogen functional groups attached to an aromatic ring is 1. The van der Waals surface area contributed by atoms with E-state index >= 15 is 0 Å². The first kappa shape index (κ1) is 14.0. The molecule has 0 atom stereocenters. The van der Waals surface area contributed by atoms with E-state index in [0.29, 0.717) is 5.56 Å². The first-order valence-corrected chi connectivity index (χ1v) is 6.33. The maximum absolute atomic E-state index is 11.5. The highest BCUT2D eigenvalue weighted by Crippen LogP contribution is 2.23. The molecule has 3 N–H and O–H groups in total. The Morgan fingerprint density at radius 2 is 1.90 bits per heavy atom. The summed E-state index contributed by atoms with van der Waals surface area (Å²) in [5, 5.41) is 0. The van der Waals surface area contributed by atoms with Crippen molar-refractivity contribution in [3.63, 3.8) is 0 Å². The third-order valence-electron chi connectivity index (χ3n) is 2.69. The van der Waals surface area contributed by atoms with Gasteiger partial charge in [0, 0.05) is 18.0 Å². The summed E-state index contributed by atoms with van der Waals surface area (Å²) < 4.78 is 5.59. The van der Waals surface area contributed by atoms with Crippen LogP contribution in [0.5, 0.6) is 5.75 Å². The van der Waals surface area contributed by atoms with Crippen LogP contribution < -0.4 is 16.0 Å². The van der Waals surface area contributed by atoms with Gasteiger partial charge in [0.15, 0.2) is 0 Å². The highest BCUT2D eigenvalue weighted by atomic mass is 16.5. The molecule has 0 aliphatic heterocycles. The molecule has 0 fully saturated rings. The second-order valence-electron chi connectivity index (χ2n) is 4.63. The number of hydrogen-bond acceptors (Lipinski definition) is 4. The number of nitrogens with two attached hydrogens (primary N) is 1. The number of aromatic nitrogens is 1. The van der Waals surface area contributed by atoms with Crippen molar-refractivity contribution in [2.45, 2.75) is 20.0 Å². The Morgan fingerprint density at radius 1 is 1.20 bits per heavy atom. The molecule has 0 saturated carbocycles. The molecule has 5 heteroatoms. The topological polar surface area (TPSA) is 77.2 Å². The SMILES string of the molecule is CC(C)Oc1ccc(-c2cncc(C(=O)NN)c2)cc1. The molecule has 5 nitrogen and oxygen atoms in total. The number of carbonyl (C=O) groups is 1. The molecule has 1 aromatic heterocycles. The maximum Gasteiger partial charge on any atom is 0.266 e. The average Bonchev–Trinajstić information content (AvgIpc) is 2.47. The Bertz CT molecular complexity index is 594. The fourth-order valence-corrected chi connectivity index (χ4v) is 1.80. The summed E-state index contributed by atoms with van der Waals surface area (Å²) in [4.78, 5) is 15.5. The van der Waals surface area contributed by atoms with Crippen LogP contribution >= 0.6 is 0 Å². The number of nitrogens with one attached hydrogen (secondary N) is 1. The molecule has 0 spiro atoms. The van der Waals surface area contributed by atoms with Crippen LogP contribution in [0.25, 0.3) is 11.1 Å². The second kappa shape index (κ2) is 6.16. The number of benzene rings is 1. The standard InChI is InChI=1S/C15H17N3O2/c1-10(2)20-14-5-3-11(4-6-14)12-7-13(9-17-8-12)15(19)18-16/h3-10H,16H2,1-2H3,(H,18,19). The monoisotopic (exact) mass is 271 g/mol. The van der Waals surface area contributed by atoms with E-state index in [0.717, 1.165) is 16.9 Å². The van der Waals surface area contributed by atoms with Crippen LogP contribution in [0, 0.1) is 0 Å². The molecule has 0 bridgehead atoms. The van der Waals surface area contributed by atoms with Gasteiger partial charge in [-0.05, 0) is 37.6 Å². The van der Waals surface area contributed by atoms with Gasteiger partial charge in [0.2, 0.25) is 0 Å². The zero-order valence-electron chi connectivity index (χ0n) is 11.5. The van der Waals surface area contributed by atoms with Crippen LogP contribution in [0.15, 0.2) is 42.7 Å². The zero-order valence-corrected chi connectivity index (χ0v) is 11.5. The van der Waals surface area contributed by atoms with Crippen molar-refractivity contribution in [2.75, 3.05) is 0 Å². The summed E-state index contributed by atoms with van der Waals surface area (Å²) >= 11 is 0. The molecule has 2 rings (SSSR count). The molecule has 1 heterocycles. The first-order valence-electron chi connectivity index (χ1n) is 6.33. The molecule has 0 aliphatic carbocycles. The van der Waals surface area contributed by atoms with E-state index in [1.54, 1.807) is 12.3 Å². The van der Waals surface area contributed by atoms with Gasteiger partial charge in [-0.3, -0.25) is 15.2 Å². The third kappa shape index (κ3) is 3.33. The fraction of sp³-hybridized carbons (Fsp3) is 0.200. The fourth-order valence-electron chi connectivity index (χ4n) is 1.80. The lowest BCUT2D eigenvalue weighted by molar-refractivity contribution is 0.0953. The minimum atomic E-state index is -0.362. The van der Waals surface area contributed by atoms with Crippen molar-refractivity contribution < 1.29 is 9.53 Å². The molecule has 0 unspecified atom stereocenters. The van der Waals surface area contributed by atoms with Gasteiger partial charge in [-0.1, -0.05) is 12.1 Å². The van der Waals surface area contributed by atoms with Crippen molar-refractivity contribution >= 4 is 5.91 Å². The number of hydrazine groups is 1. The Balaban J connectivity index is 2.25. The first-order chi connectivity index (χ1) is 9.60. The number of hydrogen-bond donors (Lipinski definition) is 2. The summed E-state index contributed by atoms with van der Waals surface area (Å²) in [5.74, 6) is 5.57. The molecular weight excluding hydrogens is 254 g/mol. The van der Waals surface area contributed by atoms with Crippen LogP contribution in [0.2, 0.25) is 0 Å². The molecule has 1 amide bonds. The molecule has 0 aliphatic rings. The summed E-state index contributed by atoms with van der Waals surface area (Å²) in [5.41, 5.74) is 4.32. The Hall–Kier alpha value is -2.40. The van der Waals surface area contributed by atoms with Crippen LogP contribution in [0.3, 0.4) is 0 Å². The predicted molar refractivity (Wildman–Crippen MR) is 77.1 cm³/mol. The van der Waals surface area contributed by atoms with Gasteiger partial charge in [0.05, 0.1) is 11.7 Å². The summed E-state index contributed by atoms with van der Waals surface area (Å²) in [6.45, 7) is 3.96. The van der Waals surface area contributed by atoms with E-state index in [1.165, 1.54) is 6.20 Å². The summed E-state index contributed by atoms with van der Waals surface area (Å²) in [6, 6.07) is 9.39. The number of carbonyl (C=O) groups excluding carboxylic acids is 1. The van der Waals surface area contributed by atoms with Crippen LogP contribution in [0.1, 0.15) is 24.2 Å². The van der Waals surface area contributed by atoms with Gasteiger partial charge in [-0.25, -0.2) is 5.84 Å². The highest BCUT2D eigenvalue weighted by Gasteiger charge is 2.06. The van der Waals surface area contributed by atoms with E-state index in [2.05, 4.69) is 10.4 Å². The van der Waals surface area contributed by atoms with Gasteiger partial charge in [-0.2, -0.15) is 0 Å². The van der Waals surface area contributed by atoms with Crippen molar-refractivity contribution in [3.8, 4) is 16.9 Å². The smallest absolute Gasteiger partial charge is 0.266 e. The third-order valence-corrected chi connectivity index (χ3v) is 2.69. The lowest BCUT2D eigenvalue weighted by atomic mass is 10.1. The van der Waals surface area contributed by atoms with E-state index in [9.17, 15) is 4.79 Å². The highest BCUT2D eigenvalue weighted by molar-refractivity contribution is 5.94. The quantitative estimate of drug-likeness (QED) is 0.507. The van der Waals surface area contributed by atoms with Crippen LogP contribution in [-0.2, 0) is 0 Å². The van der Waals surface area contributed by atoms with Crippen molar-refractivity contribution in [1.82, 2.24) is 10.4 Å². The lowest BCUT2D eigenvalue weighted by Gasteiger charge is -2.10. The Kier molecular flexibility index (Phi) is 4.32. The van der Waals surface area contributed by atoms with E-state index in [-0.39, 0.29) is 12.0 Å². The normalized spacial score (nSPS) is 10.4. The van der Waals surface area contributed by atoms with Crippen LogP contribution in [-0.4, -0.2) is 17.0 Å². The largest absolute Gasteiger partial charge is 0.491 e. The minimum absolute atomic E-state index is 0.138. The van der Waals surface area contributed by atoms with Crippen molar-refractivity contribution in [1.29, 1.82) is 0 Å². The number of ether oxygens (including phenoxy) is 1. The Morgan fingerprint density at radius 3 is 2.50 bits per heavy atom. The molecule has 20 heavy (non-hydrogen) atoms. The number of amides is 1. The summed E-state index contributed by atoms with van der Waals surface area (Å²) in [6.07, 6.45) is 3.31. The van der Waals surface area contributed by atoms with Crippen LogP contribution in [0.4, 0.5) is 0 Å². The van der Waals surface area contributed by atoms with E-state index < -0.39 is 0 Å². The van der Waals surface area contributed by atoms with E-state index in [4.69, 9.17) is 10.6 Å². The minimum Gasteiger partial charge on any atom is -0.491 e. The zero-order chi connectivity index (χ0) is 14.5. The van der Waals surface area contributed by atoms with E-state index in [1.807, 2.05) is 38.1 Å². The average molecular weight is 271 g/mol. The van der Waals surface area contributed by atoms with Gasteiger partial charge in [-0.15, -0.1) is 0 Å². The van der Waals surface area contributed by atoms with Gasteiger partial charge in [0.1, 0.15) is 5.75 Å². The number of pyridine rings is 1. The predicted octanol–water partition coefficient (Wildman–Crippen LogP) is 2.14. The van der Waals surface area contributed by atoms with Crippen molar-refractivity contribution in [3.05, 3.63) is 48.3 Å². The lowest BCUT2D eigenvalue weighted by Crippen LogP contribution is -2.30. The molecule has 0 radical (unpaired) electrons. The second-order valence-corrected chi connectivity index (χ2v) is 4.63. The van der Waals surface area contributed by atoms with Gasteiger partial charge in [0.25, 0.3) is 5.91 Å². The summed E-state index contributed by atoms with van der Waals surface area (Å²) in [7, 11) is 0. The van der Waals surface area contributed by atoms with Crippen molar-refractivity contribution in [2.24, 2.45) is 5.84 Å². The molecule has 2 aromatic rings. The number of nitrogens with zero attached hydrogens (tertiary/aromatic N) is 1. The maximum atomic E-state index is 11.5. The van der Waals surface area contributed by atoms with Gasteiger partial charge < -0.3 is 4.74 Å².